The van der Waals surface area contributed by atoms with E-state index in [9.17, 15) is 9.59 Å². The summed E-state index contributed by atoms with van der Waals surface area (Å²) in [5.41, 5.74) is 0.924. The molecule has 6 heteroatoms. The van der Waals surface area contributed by atoms with Gasteiger partial charge in [0, 0.05) is 17.5 Å². The second-order valence-electron chi connectivity index (χ2n) is 7.01. The van der Waals surface area contributed by atoms with Gasteiger partial charge in [-0.05, 0) is 18.9 Å². The van der Waals surface area contributed by atoms with Crippen LogP contribution in [0, 0.1) is 0 Å². The molecule has 1 aromatic rings. The second-order valence-corrected chi connectivity index (χ2v) is 7.01. The van der Waals surface area contributed by atoms with Crippen LogP contribution < -0.4 is 14.2 Å². The summed E-state index contributed by atoms with van der Waals surface area (Å²) in [6.45, 7) is 4.56. The number of carbonyl (C=O) groups excluding carboxylic acids is 2. The molecule has 0 N–H and O–H groups in total. The largest absolute Gasteiger partial charge is 0.493 e. The van der Waals surface area contributed by atoms with E-state index in [1.165, 1.54) is 27.8 Å². The average molecular weight is 409 g/mol. The van der Waals surface area contributed by atoms with Crippen molar-refractivity contribution in [3.63, 3.8) is 0 Å². The van der Waals surface area contributed by atoms with E-state index in [0.29, 0.717) is 41.4 Å². The maximum absolute atomic E-state index is 13.0. The Labute approximate surface area is 174 Å². The monoisotopic (exact) mass is 408 g/mol. The SMILES string of the molecule is CCCCCCCC(=O)c1cc(OC)c(OC)c(OC)c1CC(=O)OCCCC. The van der Waals surface area contributed by atoms with Gasteiger partial charge in [-0.1, -0.05) is 46.0 Å². The maximum atomic E-state index is 13.0. The van der Waals surface area contributed by atoms with E-state index in [0.717, 1.165) is 38.5 Å². The third kappa shape index (κ3) is 7.59. The summed E-state index contributed by atoms with van der Waals surface area (Å²) in [5, 5.41) is 0. The molecular formula is C23H36O6. The van der Waals surface area contributed by atoms with E-state index in [4.69, 9.17) is 18.9 Å². The summed E-state index contributed by atoms with van der Waals surface area (Å²) in [4.78, 5) is 25.3. The zero-order chi connectivity index (χ0) is 21.6. The van der Waals surface area contributed by atoms with Crippen molar-refractivity contribution in [2.45, 2.75) is 71.6 Å². The minimum atomic E-state index is -0.388. The number of methoxy groups -OCH3 is 3. The first-order valence-corrected chi connectivity index (χ1v) is 10.5. The number of hydrogen-bond donors (Lipinski definition) is 0. The number of ether oxygens (including phenoxy) is 4. The summed E-state index contributed by atoms with van der Waals surface area (Å²) >= 11 is 0. The van der Waals surface area contributed by atoms with Gasteiger partial charge in [0.2, 0.25) is 5.75 Å². The molecule has 0 aliphatic rings. The van der Waals surface area contributed by atoms with Gasteiger partial charge in [0.15, 0.2) is 17.3 Å². The second kappa shape index (κ2) is 13.9. The molecule has 0 bridgehead atoms. The van der Waals surface area contributed by atoms with Gasteiger partial charge in [0.25, 0.3) is 0 Å². The molecule has 0 heterocycles. The molecule has 1 aromatic carbocycles. The zero-order valence-electron chi connectivity index (χ0n) is 18.6. The smallest absolute Gasteiger partial charge is 0.310 e. The molecule has 164 valence electrons. The average Bonchev–Trinajstić information content (AvgIpc) is 2.72. The third-order valence-electron chi connectivity index (χ3n) is 4.82. The predicted octanol–water partition coefficient (Wildman–Crippen LogP) is 5.14. The molecule has 0 amide bonds. The molecule has 0 aliphatic carbocycles. The van der Waals surface area contributed by atoms with Gasteiger partial charge < -0.3 is 18.9 Å². The molecule has 0 saturated heterocycles. The van der Waals surface area contributed by atoms with Crippen LogP contribution in [0.4, 0.5) is 0 Å². The van der Waals surface area contributed by atoms with E-state index < -0.39 is 0 Å². The highest BCUT2D eigenvalue weighted by molar-refractivity contribution is 6.00. The highest BCUT2D eigenvalue weighted by Crippen LogP contribution is 2.42. The molecular weight excluding hydrogens is 372 g/mol. The summed E-state index contributed by atoms with van der Waals surface area (Å²) in [5.74, 6) is 0.694. The van der Waals surface area contributed by atoms with Gasteiger partial charge in [-0.25, -0.2) is 0 Å². The third-order valence-corrected chi connectivity index (χ3v) is 4.82. The van der Waals surface area contributed by atoms with Crippen LogP contribution in [-0.2, 0) is 16.0 Å². The van der Waals surface area contributed by atoms with Crippen LogP contribution in [0.3, 0.4) is 0 Å². The van der Waals surface area contributed by atoms with Crippen molar-refractivity contribution in [2.24, 2.45) is 0 Å². The van der Waals surface area contributed by atoms with Gasteiger partial charge in [0.1, 0.15) is 0 Å². The van der Waals surface area contributed by atoms with Crippen LogP contribution in [0.15, 0.2) is 6.07 Å². The van der Waals surface area contributed by atoms with Crippen molar-refractivity contribution in [3.05, 3.63) is 17.2 Å². The van der Waals surface area contributed by atoms with Crippen molar-refractivity contribution in [1.82, 2.24) is 0 Å². The van der Waals surface area contributed by atoms with Crippen LogP contribution in [0.2, 0.25) is 0 Å². The van der Waals surface area contributed by atoms with Gasteiger partial charge in [-0.15, -0.1) is 0 Å². The predicted molar refractivity (Wildman–Crippen MR) is 113 cm³/mol. The van der Waals surface area contributed by atoms with E-state index in [2.05, 4.69) is 6.92 Å². The minimum absolute atomic E-state index is 0.0305. The first-order valence-electron chi connectivity index (χ1n) is 10.5. The number of carbonyl (C=O) groups is 2. The van der Waals surface area contributed by atoms with Crippen molar-refractivity contribution >= 4 is 11.8 Å². The number of ketones is 1. The number of rotatable bonds is 15. The summed E-state index contributed by atoms with van der Waals surface area (Å²) < 4.78 is 21.6. The van der Waals surface area contributed by atoms with Crippen molar-refractivity contribution in [3.8, 4) is 17.2 Å². The quantitative estimate of drug-likeness (QED) is 0.227. The lowest BCUT2D eigenvalue weighted by Crippen LogP contribution is -2.15. The highest BCUT2D eigenvalue weighted by atomic mass is 16.5. The Bertz CT molecular complexity index is 653. The van der Waals surface area contributed by atoms with Gasteiger partial charge in [-0.3, -0.25) is 9.59 Å². The van der Waals surface area contributed by atoms with Crippen molar-refractivity contribution in [1.29, 1.82) is 0 Å². The van der Waals surface area contributed by atoms with E-state index in [1.807, 2.05) is 6.92 Å². The van der Waals surface area contributed by atoms with Gasteiger partial charge >= 0.3 is 5.97 Å². The van der Waals surface area contributed by atoms with Crippen LogP contribution in [0.1, 0.15) is 81.1 Å². The minimum Gasteiger partial charge on any atom is -0.493 e. The van der Waals surface area contributed by atoms with Crippen molar-refractivity contribution in [2.75, 3.05) is 27.9 Å². The number of hydrogen-bond acceptors (Lipinski definition) is 6. The van der Waals surface area contributed by atoms with Crippen LogP contribution in [0.5, 0.6) is 17.2 Å². The Morgan fingerprint density at radius 1 is 0.828 bits per heavy atom. The molecule has 0 aromatic heterocycles. The van der Waals surface area contributed by atoms with Gasteiger partial charge in [0.05, 0.1) is 34.4 Å². The van der Waals surface area contributed by atoms with E-state index in [1.54, 1.807) is 6.07 Å². The maximum Gasteiger partial charge on any atom is 0.310 e. The van der Waals surface area contributed by atoms with Crippen LogP contribution in [0.25, 0.3) is 0 Å². The first-order chi connectivity index (χ1) is 14.0. The number of esters is 1. The molecule has 0 saturated carbocycles. The Kier molecular flexibility index (Phi) is 11.8. The summed E-state index contributed by atoms with van der Waals surface area (Å²) in [6, 6.07) is 1.64. The van der Waals surface area contributed by atoms with E-state index in [-0.39, 0.29) is 18.2 Å². The van der Waals surface area contributed by atoms with Gasteiger partial charge in [-0.2, -0.15) is 0 Å². The normalized spacial score (nSPS) is 10.5. The Morgan fingerprint density at radius 2 is 1.48 bits per heavy atom. The molecule has 29 heavy (non-hydrogen) atoms. The van der Waals surface area contributed by atoms with Crippen molar-refractivity contribution < 1.29 is 28.5 Å². The fraction of sp³-hybridized carbons (Fsp3) is 0.652. The molecule has 0 aliphatic heterocycles. The number of benzene rings is 1. The lowest BCUT2D eigenvalue weighted by molar-refractivity contribution is -0.142. The Hall–Kier alpha value is -2.24. The molecule has 6 nitrogen and oxygen atoms in total. The molecule has 1 rings (SSSR count). The molecule has 0 radical (unpaired) electrons. The summed E-state index contributed by atoms with van der Waals surface area (Å²) in [7, 11) is 4.50. The lowest BCUT2D eigenvalue weighted by atomic mass is 9.95. The Balaban J connectivity index is 3.15. The fourth-order valence-electron chi connectivity index (χ4n) is 3.19. The topological polar surface area (TPSA) is 71.1 Å². The van der Waals surface area contributed by atoms with E-state index >= 15 is 0 Å². The molecule has 0 atom stereocenters. The summed E-state index contributed by atoms with van der Waals surface area (Å²) in [6.07, 6.45) is 7.39. The molecule has 0 spiro atoms. The number of unbranched alkanes of at least 4 members (excludes halogenated alkanes) is 5. The Morgan fingerprint density at radius 3 is 2.07 bits per heavy atom. The first kappa shape index (κ1) is 24.8. The lowest BCUT2D eigenvalue weighted by Gasteiger charge is -2.19. The number of Topliss-reactive ketones (excluding diaryl/α,β-unsaturated/α-hetero) is 1. The fourth-order valence-corrected chi connectivity index (χ4v) is 3.19. The molecule has 0 fully saturated rings. The van der Waals surface area contributed by atoms with Crippen LogP contribution in [-0.4, -0.2) is 39.7 Å². The highest BCUT2D eigenvalue weighted by Gasteiger charge is 2.26. The van der Waals surface area contributed by atoms with Crippen LogP contribution >= 0.6 is 0 Å². The molecule has 0 unspecified atom stereocenters. The standard InChI is InChI=1S/C23H36O6/c1-6-8-10-11-12-13-19(24)17-15-20(26-3)23(28-5)22(27-4)18(17)16-21(25)29-14-9-7-2/h15H,6-14,16H2,1-5H3. The zero-order valence-corrected chi connectivity index (χ0v) is 18.6.